The second-order valence-electron chi connectivity index (χ2n) is 6.14. The number of H-pyrrole nitrogens is 2. The van der Waals surface area contributed by atoms with Gasteiger partial charge in [-0.05, 0) is 50.0 Å². The van der Waals surface area contributed by atoms with E-state index in [0.717, 1.165) is 18.7 Å². The van der Waals surface area contributed by atoms with E-state index < -0.39 is 0 Å². The van der Waals surface area contributed by atoms with E-state index in [2.05, 4.69) is 43.6 Å². The zero-order chi connectivity index (χ0) is 16.6. The van der Waals surface area contributed by atoms with Gasteiger partial charge >= 0.3 is 5.69 Å². The van der Waals surface area contributed by atoms with Crippen LogP contribution in [0.5, 0.6) is 5.75 Å². The van der Waals surface area contributed by atoms with E-state index in [4.69, 9.17) is 4.74 Å². The number of anilines is 1. The molecule has 0 radical (unpaired) electrons. The minimum atomic E-state index is -0.306. The Labute approximate surface area is 141 Å². The lowest BCUT2D eigenvalue weighted by Crippen LogP contribution is -2.29. The largest absolute Gasteiger partial charge is 0.494 e. The summed E-state index contributed by atoms with van der Waals surface area (Å²) >= 11 is 0. The zero-order valence-corrected chi connectivity index (χ0v) is 13.9. The van der Waals surface area contributed by atoms with Gasteiger partial charge in [0.25, 0.3) is 0 Å². The molecule has 1 aromatic heterocycles. The molecule has 0 aliphatic carbocycles. The fourth-order valence-electron chi connectivity index (χ4n) is 2.93. The minimum absolute atomic E-state index is 0.306. The van der Waals surface area contributed by atoms with Crippen LogP contribution in [-0.2, 0) is 6.54 Å². The lowest BCUT2D eigenvalue weighted by atomic mass is 10.1. The maximum atomic E-state index is 10.9. The van der Waals surface area contributed by atoms with Gasteiger partial charge in [-0.2, -0.15) is 0 Å². The van der Waals surface area contributed by atoms with Gasteiger partial charge in [0.2, 0.25) is 5.95 Å². The van der Waals surface area contributed by atoms with Crippen LogP contribution < -0.4 is 15.7 Å². The number of piperidine rings is 1. The van der Waals surface area contributed by atoms with Crippen molar-refractivity contribution in [3.8, 4) is 5.75 Å². The van der Waals surface area contributed by atoms with Gasteiger partial charge in [0.1, 0.15) is 5.75 Å². The van der Waals surface area contributed by atoms with Crippen molar-refractivity contribution >= 4 is 5.95 Å². The van der Waals surface area contributed by atoms with Crippen LogP contribution in [0, 0.1) is 0 Å². The van der Waals surface area contributed by atoms with Gasteiger partial charge in [-0.25, -0.2) is 9.89 Å². The second kappa shape index (κ2) is 8.54. The Bertz CT molecular complexity index is 675. The van der Waals surface area contributed by atoms with Gasteiger partial charge in [0.15, 0.2) is 0 Å². The Morgan fingerprint density at radius 2 is 2.12 bits per heavy atom. The van der Waals surface area contributed by atoms with Crippen LogP contribution in [-0.4, -0.2) is 46.3 Å². The Hall–Kier alpha value is -2.28. The number of hydrogen-bond acceptors (Lipinski definition) is 5. The SMILES string of the molecule is O=c1[nH]nc(NCCCOc2cccc(CN3CCCCC3)c2)[nH]1. The van der Waals surface area contributed by atoms with Crippen molar-refractivity contribution in [2.75, 3.05) is 31.6 Å². The first-order valence-electron chi connectivity index (χ1n) is 8.62. The van der Waals surface area contributed by atoms with Crippen molar-refractivity contribution in [2.45, 2.75) is 32.2 Å². The van der Waals surface area contributed by atoms with E-state index in [-0.39, 0.29) is 5.69 Å². The van der Waals surface area contributed by atoms with E-state index in [9.17, 15) is 4.79 Å². The van der Waals surface area contributed by atoms with E-state index in [1.807, 2.05) is 6.07 Å². The quantitative estimate of drug-likeness (QED) is 0.644. The average molecular weight is 331 g/mol. The van der Waals surface area contributed by atoms with Crippen molar-refractivity contribution in [2.24, 2.45) is 0 Å². The molecule has 2 heterocycles. The molecule has 0 saturated carbocycles. The van der Waals surface area contributed by atoms with Crippen LogP contribution in [0.3, 0.4) is 0 Å². The van der Waals surface area contributed by atoms with Gasteiger partial charge in [0, 0.05) is 13.1 Å². The Kier molecular flexibility index (Phi) is 5.90. The molecule has 2 aromatic rings. The average Bonchev–Trinajstić information content (AvgIpc) is 3.01. The number of ether oxygens (including phenoxy) is 1. The van der Waals surface area contributed by atoms with E-state index in [0.29, 0.717) is 19.1 Å². The molecule has 1 saturated heterocycles. The molecule has 0 amide bonds. The molecule has 24 heavy (non-hydrogen) atoms. The number of nitrogens with one attached hydrogen (secondary N) is 3. The maximum absolute atomic E-state index is 10.9. The summed E-state index contributed by atoms with van der Waals surface area (Å²) < 4.78 is 5.82. The molecule has 0 unspecified atom stereocenters. The molecule has 1 fully saturated rings. The monoisotopic (exact) mass is 331 g/mol. The molecule has 1 aromatic carbocycles. The first-order chi connectivity index (χ1) is 11.8. The first-order valence-corrected chi connectivity index (χ1v) is 8.62. The van der Waals surface area contributed by atoms with Crippen LogP contribution in [0.1, 0.15) is 31.2 Å². The van der Waals surface area contributed by atoms with Crippen LogP contribution in [0.4, 0.5) is 5.95 Å². The highest BCUT2D eigenvalue weighted by atomic mass is 16.5. The van der Waals surface area contributed by atoms with Gasteiger partial charge < -0.3 is 10.1 Å². The molecule has 0 atom stereocenters. The van der Waals surface area contributed by atoms with Crippen molar-refractivity contribution in [3.63, 3.8) is 0 Å². The summed E-state index contributed by atoms with van der Waals surface area (Å²) in [6.45, 7) is 4.71. The summed E-state index contributed by atoms with van der Waals surface area (Å²) in [4.78, 5) is 16.0. The molecular formula is C17H25N5O2. The Morgan fingerprint density at radius 1 is 1.25 bits per heavy atom. The predicted octanol–water partition coefficient (Wildman–Crippen LogP) is 1.96. The number of hydrogen-bond donors (Lipinski definition) is 3. The first kappa shape index (κ1) is 16.6. The van der Waals surface area contributed by atoms with Crippen molar-refractivity contribution < 1.29 is 4.74 Å². The maximum Gasteiger partial charge on any atom is 0.342 e. The Morgan fingerprint density at radius 3 is 2.92 bits per heavy atom. The van der Waals surface area contributed by atoms with E-state index in [1.165, 1.54) is 37.9 Å². The van der Waals surface area contributed by atoms with Gasteiger partial charge in [-0.3, -0.25) is 9.88 Å². The molecular weight excluding hydrogens is 306 g/mol. The Balaban J connectivity index is 1.38. The van der Waals surface area contributed by atoms with Crippen LogP contribution in [0.15, 0.2) is 29.1 Å². The normalized spacial score (nSPS) is 15.3. The zero-order valence-electron chi connectivity index (χ0n) is 13.9. The summed E-state index contributed by atoms with van der Waals surface area (Å²) in [5.74, 6) is 1.38. The highest BCUT2D eigenvalue weighted by Gasteiger charge is 2.10. The fourth-order valence-corrected chi connectivity index (χ4v) is 2.93. The molecule has 0 spiro atoms. The molecule has 3 rings (SSSR count). The predicted molar refractivity (Wildman–Crippen MR) is 93.4 cm³/mol. The lowest BCUT2D eigenvalue weighted by molar-refractivity contribution is 0.220. The standard InChI is InChI=1S/C17H25N5O2/c23-17-19-16(20-21-17)18-8-5-11-24-15-7-4-6-14(12-15)13-22-9-2-1-3-10-22/h4,6-7,12H,1-3,5,8-11,13H2,(H3,18,19,20,21,23). The number of aromatic nitrogens is 3. The third-order valence-corrected chi connectivity index (χ3v) is 4.14. The van der Waals surface area contributed by atoms with Crippen molar-refractivity contribution in [3.05, 3.63) is 40.3 Å². The number of likely N-dealkylation sites (tertiary alicyclic amines) is 1. The molecule has 7 nitrogen and oxygen atoms in total. The molecule has 3 N–H and O–H groups in total. The van der Waals surface area contributed by atoms with E-state index >= 15 is 0 Å². The smallest absolute Gasteiger partial charge is 0.342 e. The third-order valence-electron chi connectivity index (χ3n) is 4.14. The summed E-state index contributed by atoms with van der Waals surface area (Å²) in [5, 5.41) is 9.14. The molecule has 1 aliphatic rings. The van der Waals surface area contributed by atoms with Crippen molar-refractivity contribution in [1.29, 1.82) is 0 Å². The van der Waals surface area contributed by atoms with Gasteiger partial charge in [-0.15, -0.1) is 5.10 Å². The van der Waals surface area contributed by atoms with Crippen LogP contribution in [0.2, 0.25) is 0 Å². The number of rotatable bonds is 8. The fraction of sp³-hybridized carbons (Fsp3) is 0.529. The third kappa shape index (κ3) is 5.13. The van der Waals surface area contributed by atoms with Gasteiger partial charge in [0.05, 0.1) is 6.61 Å². The lowest BCUT2D eigenvalue weighted by Gasteiger charge is -2.26. The summed E-state index contributed by atoms with van der Waals surface area (Å²) in [6.07, 6.45) is 4.81. The van der Waals surface area contributed by atoms with Crippen LogP contribution in [0.25, 0.3) is 0 Å². The minimum Gasteiger partial charge on any atom is -0.494 e. The van der Waals surface area contributed by atoms with E-state index in [1.54, 1.807) is 0 Å². The molecule has 1 aliphatic heterocycles. The number of nitrogens with zero attached hydrogens (tertiary/aromatic N) is 2. The summed E-state index contributed by atoms with van der Waals surface area (Å²) in [7, 11) is 0. The molecule has 130 valence electrons. The number of benzene rings is 1. The highest BCUT2D eigenvalue weighted by Crippen LogP contribution is 2.17. The number of aromatic amines is 2. The highest BCUT2D eigenvalue weighted by molar-refractivity contribution is 5.28. The van der Waals surface area contributed by atoms with Crippen molar-refractivity contribution in [1.82, 2.24) is 20.1 Å². The summed E-state index contributed by atoms with van der Waals surface area (Å²) in [6, 6.07) is 8.35. The summed E-state index contributed by atoms with van der Waals surface area (Å²) in [5.41, 5.74) is 1.00. The van der Waals surface area contributed by atoms with Gasteiger partial charge in [-0.1, -0.05) is 18.6 Å². The molecule has 0 bridgehead atoms. The molecule has 7 heteroatoms. The van der Waals surface area contributed by atoms with Crippen LogP contribution >= 0.6 is 0 Å². The second-order valence-corrected chi connectivity index (χ2v) is 6.14. The topological polar surface area (TPSA) is 86.0 Å².